The molecule has 11 nitrogen and oxygen atoms in total. The van der Waals surface area contributed by atoms with Crippen LogP contribution in [0.1, 0.15) is 26.3 Å². The maximum Gasteiger partial charge on any atom is 0.326 e. The van der Waals surface area contributed by atoms with Gasteiger partial charge in [0.2, 0.25) is 5.88 Å². The summed E-state index contributed by atoms with van der Waals surface area (Å²) in [6.07, 6.45) is 2.60. The van der Waals surface area contributed by atoms with Crippen LogP contribution in [0.2, 0.25) is 0 Å². The van der Waals surface area contributed by atoms with Crippen molar-refractivity contribution < 1.29 is 33.5 Å². The number of nitrogens with zero attached hydrogens (tertiary/aromatic N) is 3. The molecule has 1 aliphatic heterocycles. The van der Waals surface area contributed by atoms with Gasteiger partial charge in [0.15, 0.2) is 11.5 Å². The van der Waals surface area contributed by atoms with Gasteiger partial charge in [-0.25, -0.2) is 4.98 Å². The summed E-state index contributed by atoms with van der Waals surface area (Å²) < 4.78 is 16.4. The zero-order valence-electron chi connectivity index (χ0n) is 19.3. The molecule has 3 rings (SSSR count). The Balaban J connectivity index is 1.76. The summed E-state index contributed by atoms with van der Waals surface area (Å²) in [7, 11) is 0. The number of imide groups is 1. The van der Waals surface area contributed by atoms with E-state index in [-0.39, 0.29) is 29.0 Å². The van der Waals surface area contributed by atoms with Crippen LogP contribution in [0, 0.1) is 16.0 Å². The fourth-order valence-electron chi connectivity index (χ4n) is 2.84. The van der Waals surface area contributed by atoms with E-state index in [2.05, 4.69) is 4.98 Å². The molecule has 0 saturated carbocycles. The van der Waals surface area contributed by atoms with Crippen LogP contribution in [0.25, 0.3) is 6.08 Å². The van der Waals surface area contributed by atoms with E-state index in [4.69, 9.17) is 14.2 Å². The van der Waals surface area contributed by atoms with Gasteiger partial charge in [-0.15, -0.1) is 0 Å². The minimum absolute atomic E-state index is 0.134. The van der Waals surface area contributed by atoms with E-state index in [1.165, 1.54) is 18.2 Å². The monoisotopic (exact) mass is 501 g/mol. The Morgan fingerprint density at radius 1 is 1.23 bits per heavy atom. The Morgan fingerprint density at radius 2 is 2.00 bits per heavy atom. The van der Waals surface area contributed by atoms with Crippen LogP contribution >= 0.6 is 11.8 Å². The van der Waals surface area contributed by atoms with Crippen LogP contribution < -0.4 is 9.47 Å². The fraction of sp³-hybridized carbons (Fsp3) is 0.304. The summed E-state index contributed by atoms with van der Waals surface area (Å²) in [6, 6.07) is 7.49. The van der Waals surface area contributed by atoms with Crippen LogP contribution in [0.4, 0.5) is 10.5 Å². The molecule has 0 unspecified atom stereocenters. The zero-order valence-corrected chi connectivity index (χ0v) is 20.1. The number of rotatable bonds is 10. The lowest BCUT2D eigenvalue weighted by molar-refractivity contribution is -0.385. The van der Waals surface area contributed by atoms with E-state index in [0.717, 1.165) is 22.9 Å². The number of thioether (sulfide) groups is 1. The summed E-state index contributed by atoms with van der Waals surface area (Å²) in [6.45, 7) is 5.62. The van der Waals surface area contributed by atoms with Gasteiger partial charge in [-0.1, -0.05) is 19.9 Å². The maximum absolute atomic E-state index is 12.7. The number of hydrogen-bond donors (Lipinski definition) is 0. The number of carbonyl (C=O) groups excluding carboxylic acids is 3. The van der Waals surface area contributed by atoms with Gasteiger partial charge in [-0.2, -0.15) is 0 Å². The van der Waals surface area contributed by atoms with E-state index < -0.39 is 28.6 Å². The summed E-state index contributed by atoms with van der Waals surface area (Å²) >= 11 is 0.726. The van der Waals surface area contributed by atoms with Gasteiger partial charge >= 0.3 is 5.97 Å². The quantitative estimate of drug-likeness (QED) is 0.199. The summed E-state index contributed by atoms with van der Waals surface area (Å²) in [5.74, 6) is -0.312. The van der Waals surface area contributed by atoms with Gasteiger partial charge in [0.05, 0.1) is 23.0 Å². The number of ether oxygens (including phenoxy) is 3. The van der Waals surface area contributed by atoms with E-state index in [9.17, 15) is 24.5 Å². The molecule has 0 N–H and O–H groups in total. The van der Waals surface area contributed by atoms with Crippen molar-refractivity contribution in [3.8, 4) is 17.4 Å². The third-order valence-corrected chi connectivity index (χ3v) is 5.36. The molecule has 2 heterocycles. The van der Waals surface area contributed by atoms with Crippen LogP contribution in [-0.4, -0.2) is 51.7 Å². The lowest BCUT2D eigenvalue weighted by Crippen LogP contribution is -2.34. The van der Waals surface area contributed by atoms with Crippen LogP contribution in [0.15, 0.2) is 41.4 Å². The first-order valence-electron chi connectivity index (χ1n) is 10.6. The second-order valence-corrected chi connectivity index (χ2v) is 8.69. The minimum atomic E-state index is -0.651. The van der Waals surface area contributed by atoms with E-state index >= 15 is 0 Å². The standard InChI is InChI=1S/C23H23N3O8S/c1-4-32-18-9-15(5-7-17(18)34-20-8-6-16(11-24-20)26(30)31)10-19-22(28)25(23(29)35-19)12-21(27)33-13-14(2)3/h5-11,14H,4,12-13H2,1-3H3/b19-10-. The number of nitro groups is 1. The molecule has 1 aromatic carbocycles. The van der Waals surface area contributed by atoms with Gasteiger partial charge in [0.1, 0.15) is 12.7 Å². The number of pyridine rings is 1. The molecule has 1 aromatic heterocycles. The minimum Gasteiger partial charge on any atom is -0.490 e. The number of amides is 2. The Morgan fingerprint density at radius 3 is 2.63 bits per heavy atom. The summed E-state index contributed by atoms with van der Waals surface area (Å²) in [4.78, 5) is 52.1. The Kier molecular flexibility index (Phi) is 8.42. The van der Waals surface area contributed by atoms with Gasteiger partial charge in [0.25, 0.3) is 16.8 Å². The highest BCUT2D eigenvalue weighted by Gasteiger charge is 2.36. The van der Waals surface area contributed by atoms with Crippen molar-refractivity contribution in [2.45, 2.75) is 20.8 Å². The first-order chi connectivity index (χ1) is 16.7. The highest BCUT2D eigenvalue weighted by Crippen LogP contribution is 2.36. The van der Waals surface area contributed by atoms with Gasteiger partial charge in [0, 0.05) is 12.1 Å². The van der Waals surface area contributed by atoms with Crippen molar-refractivity contribution in [1.29, 1.82) is 0 Å². The van der Waals surface area contributed by atoms with Crippen LogP contribution in [-0.2, 0) is 14.3 Å². The van der Waals surface area contributed by atoms with E-state index in [1.807, 2.05) is 13.8 Å². The highest BCUT2D eigenvalue weighted by atomic mass is 32.2. The van der Waals surface area contributed by atoms with Gasteiger partial charge in [-0.05, 0) is 48.4 Å². The third kappa shape index (κ3) is 6.79. The van der Waals surface area contributed by atoms with Crippen molar-refractivity contribution in [3.05, 3.63) is 57.1 Å². The molecular weight excluding hydrogens is 478 g/mol. The number of benzene rings is 1. The molecule has 0 aliphatic carbocycles. The summed E-state index contributed by atoms with van der Waals surface area (Å²) in [5.41, 5.74) is 0.394. The molecule has 1 fully saturated rings. The molecule has 35 heavy (non-hydrogen) atoms. The molecule has 2 aromatic rings. The molecule has 2 amide bonds. The van der Waals surface area contributed by atoms with Crippen molar-refractivity contribution in [3.63, 3.8) is 0 Å². The predicted octanol–water partition coefficient (Wildman–Crippen LogP) is 4.42. The first kappa shape index (κ1) is 25.7. The summed E-state index contributed by atoms with van der Waals surface area (Å²) in [5, 5.41) is 10.2. The van der Waals surface area contributed by atoms with Gasteiger partial charge in [-0.3, -0.25) is 29.4 Å². The van der Waals surface area contributed by atoms with Crippen molar-refractivity contribution in [2.75, 3.05) is 19.8 Å². The van der Waals surface area contributed by atoms with E-state index in [1.54, 1.807) is 25.1 Å². The average Bonchev–Trinajstić information content (AvgIpc) is 3.07. The van der Waals surface area contributed by atoms with Crippen molar-refractivity contribution in [2.24, 2.45) is 5.92 Å². The molecule has 0 radical (unpaired) electrons. The number of hydrogen-bond acceptors (Lipinski definition) is 10. The Bertz CT molecular complexity index is 1160. The van der Waals surface area contributed by atoms with E-state index in [0.29, 0.717) is 23.7 Å². The SMILES string of the molecule is CCOc1cc(/C=C2\SC(=O)N(CC(=O)OCC(C)C)C2=O)ccc1Oc1ccc([N+](=O)[O-])cn1. The van der Waals surface area contributed by atoms with Gasteiger partial charge < -0.3 is 14.2 Å². The first-order valence-corrected chi connectivity index (χ1v) is 11.5. The molecule has 0 atom stereocenters. The molecule has 1 aliphatic rings. The second-order valence-electron chi connectivity index (χ2n) is 7.70. The Labute approximate surface area is 205 Å². The number of carbonyl (C=O) groups is 3. The molecule has 12 heteroatoms. The third-order valence-electron chi connectivity index (χ3n) is 4.45. The fourth-order valence-corrected chi connectivity index (χ4v) is 3.68. The normalized spacial score (nSPS) is 14.5. The molecule has 1 saturated heterocycles. The lowest BCUT2D eigenvalue weighted by atomic mass is 10.2. The number of aromatic nitrogens is 1. The second kappa shape index (κ2) is 11.5. The predicted molar refractivity (Wildman–Crippen MR) is 127 cm³/mol. The smallest absolute Gasteiger partial charge is 0.326 e. The zero-order chi connectivity index (χ0) is 25.5. The van der Waals surface area contributed by atoms with Crippen LogP contribution in [0.3, 0.4) is 0 Å². The largest absolute Gasteiger partial charge is 0.490 e. The maximum atomic E-state index is 12.7. The highest BCUT2D eigenvalue weighted by molar-refractivity contribution is 8.18. The van der Waals surface area contributed by atoms with Crippen molar-refractivity contribution in [1.82, 2.24) is 9.88 Å². The molecular formula is C23H23N3O8S. The molecule has 0 spiro atoms. The Hall–Kier alpha value is -3.93. The number of esters is 1. The average molecular weight is 502 g/mol. The topological polar surface area (TPSA) is 138 Å². The van der Waals surface area contributed by atoms with Crippen molar-refractivity contribution >= 4 is 40.6 Å². The molecule has 184 valence electrons. The van der Waals surface area contributed by atoms with Crippen LogP contribution in [0.5, 0.6) is 17.4 Å². The molecule has 0 bridgehead atoms. The lowest BCUT2D eigenvalue weighted by Gasteiger charge is -2.13.